The number of hydrogen-bond donors (Lipinski definition) is 1. The standard InChI is InChI=1S/C9H10ClN3O/c1-4-6(2)12-7-5-11-13(3)9(14)8(7)10/h1,5-6,12H,2-3H3. The molecule has 1 atom stereocenters. The van der Waals surface area contributed by atoms with Crippen molar-refractivity contribution in [2.75, 3.05) is 5.32 Å². The van der Waals surface area contributed by atoms with Gasteiger partial charge in [0.15, 0.2) is 0 Å². The molecule has 1 aromatic rings. The molecule has 1 aromatic heterocycles. The van der Waals surface area contributed by atoms with Crippen LogP contribution in [-0.2, 0) is 7.05 Å². The van der Waals surface area contributed by atoms with E-state index in [1.54, 1.807) is 6.92 Å². The van der Waals surface area contributed by atoms with Gasteiger partial charge in [-0.15, -0.1) is 6.42 Å². The predicted octanol–water partition coefficient (Wildman–Crippen LogP) is 0.867. The van der Waals surface area contributed by atoms with E-state index in [1.165, 1.54) is 13.2 Å². The number of aryl methyl sites for hydroxylation is 1. The lowest BCUT2D eigenvalue weighted by atomic mass is 10.3. The van der Waals surface area contributed by atoms with Gasteiger partial charge in [-0.1, -0.05) is 17.5 Å². The van der Waals surface area contributed by atoms with Gasteiger partial charge < -0.3 is 5.32 Å². The van der Waals surface area contributed by atoms with Crippen LogP contribution in [0.2, 0.25) is 5.02 Å². The zero-order valence-electron chi connectivity index (χ0n) is 7.91. The van der Waals surface area contributed by atoms with Crippen molar-refractivity contribution in [1.82, 2.24) is 9.78 Å². The van der Waals surface area contributed by atoms with Gasteiger partial charge in [-0.25, -0.2) is 4.68 Å². The molecule has 0 aliphatic carbocycles. The molecule has 0 aliphatic heterocycles. The Morgan fingerprint density at radius 1 is 1.79 bits per heavy atom. The van der Waals surface area contributed by atoms with Gasteiger partial charge in [0.2, 0.25) is 0 Å². The summed E-state index contributed by atoms with van der Waals surface area (Å²) in [4.78, 5) is 11.3. The average Bonchev–Trinajstić information content (AvgIpc) is 2.19. The zero-order valence-corrected chi connectivity index (χ0v) is 8.67. The summed E-state index contributed by atoms with van der Waals surface area (Å²) in [5.74, 6) is 2.47. The highest BCUT2D eigenvalue weighted by atomic mass is 35.5. The van der Waals surface area contributed by atoms with E-state index in [-0.39, 0.29) is 16.6 Å². The largest absolute Gasteiger partial charge is 0.369 e. The van der Waals surface area contributed by atoms with Crippen LogP contribution < -0.4 is 10.9 Å². The Kier molecular flexibility index (Phi) is 3.15. The van der Waals surface area contributed by atoms with Gasteiger partial charge >= 0.3 is 0 Å². The van der Waals surface area contributed by atoms with Gasteiger partial charge in [-0.05, 0) is 6.92 Å². The Bertz CT molecular complexity index is 433. The average molecular weight is 212 g/mol. The Hall–Kier alpha value is -1.47. The van der Waals surface area contributed by atoms with Gasteiger partial charge in [0.05, 0.1) is 17.9 Å². The van der Waals surface area contributed by atoms with E-state index in [9.17, 15) is 4.79 Å². The molecule has 5 heteroatoms. The first kappa shape index (κ1) is 10.6. The number of nitrogens with one attached hydrogen (secondary N) is 1. The molecular weight excluding hydrogens is 202 g/mol. The summed E-state index contributed by atoms with van der Waals surface area (Å²) in [7, 11) is 1.53. The van der Waals surface area contributed by atoms with Gasteiger partial charge in [0.25, 0.3) is 5.56 Å². The number of halogens is 1. The van der Waals surface area contributed by atoms with Crippen LogP contribution >= 0.6 is 11.6 Å². The molecule has 4 nitrogen and oxygen atoms in total. The maximum Gasteiger partial charge on any atom is 0.287 e. The lowest BCUT2D eigenvalue weighted by molar-refractivity contribution is 0.707. The monoisotopic (exact) mass is 211 g/mol. The van der Waals surface area contributed by atoms with Crippen molar-refractivity contribution in [2.24, 2.45) is 7.05 Å². The minimum Gasteiger partial charge on any atom is -0.369 e. The molecule has 1 rings (SSSR count). The number of terminal acetylenes is 1. The number of aromatic nitrogens is 2. The van der Waals surface area contributed by atoms with Crippen LogP contribution in [-0.4, -0.2) is 15.8 Å². The Labute approximate surface area is 86.9 Å². The molecule has 0 fully saturated rings. The lowest BCUT2D eigenvalue weighted by Crippen LogP contribution is -2.23. The van der Waals surface area contributed by atoms with Gasteiger partial charge in [0.1, 0.15) is 5.02 Å². The molecule has 0 bridgehead atoms. The van der Waals surface area contributed by atoms with E-state index < -0.39 is 0 Å². The van der Waals surface area contributed by atoms with Crippen LogP contribution in [0.3, 0.4) is 0 Å². The first-order valence-corrected chi connectivity index (χ1v) is 4.38. The highest BCUT2D eigenvalue weighted by Crippen LogP contribution is 2.15. The molecule has 1 N–H and O–H groups in total. The minimum atomic E-state index is -0.346. The first-order chi connectivity index (χ1) is 6.56. The van der Waals surface area contributed by atoms with Crippen LogP contribution in [0, 0.1) is 12.3 Å². The molecule has 0 saturated carbocycles. The van der Waals surface area contributed by atoms with Gasteiger partial charge in [-0.3, -0.25) is 4.79 Å². The van der Waals surface area contributed by atoms with E-state index in [0.717, 1.165) is 4.68 Å². The van der Waals surface area contributed by atoms with Crippen molar-refractivity contribution >= 4 is 17.3 Å². The molecule has 74 valence electrons. The maximum absolute atomic E-state index is 11.3. The second-order valence-corrected chi connectivity index (χ2v) is 3.21. The summed E-state index contributed by atoms with van der Waals surface area (Å²) in [6.45, 7) is 1.79. The Morgan fingerprint density at radius 3 is 3.00 bits per heavy atom. The normalized spacial score (nSPS) is 11.9. The number of rotatable bonds is 2. The van der Waals surface area contributed by atoms with E-state index in [4.69, 9.17) is 18.0 Å². The fourth-order valence-electron chi connectivity index (χ4n) is 0.886. The first-order valence-electron chi connectivity index (χ1n) is 4.00. The van der Waals surface area contributed by atoms with Crippen molar-refractivity contribution < 1.29 is 0 Å². The highest BCUT2D eigenvalue weighted by Gasteiger charge is 2.08. The van der Waals surface area contributed by atoms with Crippen molar-refractivity contribution in [3.8, 4) is 12.3 Å². The summed E-state index contributed by atoms with van der Waals surface area (Å²) in [5.41, 5.74) is 0.112. The van der Waals surface area contributed by atoms with Gasteiger partial charge in [0, 0.05) is 7.05 Å². The molecule has 0 aliphatic rings. The van der Waals surface area contributed by atoms with E-state index in [1.807, 2.05) is 0 Å². The van der Waals surface area contributed by atoms with Gasteiger partial charge in [-0.2, -0.15) is 5.10 Å². The fourth-order valence-corrected chi connectivity index (χ4v) is 1.11. The SMILES string of the molecule is C#CC(C)Nc1cnn(C)c(=O)c1Cl. The van der Waals surface area contributed by atoms with E-state index in [0.29, 0.717) is 5.69 Å². The zero-order chi connectivity index (χ0) is 10.7. The summed E-state index contributed by atoms with van der Waals surface area (Å²) in [6, 6.07) is -0.193. The second-order valence-electron chi connectivity index (χ2n) is 2.83. The maximum atomic E-state index is 11.3. The second kappa shape index (κ2) is 4.16. The number of nitrogens with zero attached hydrogens (tertiary/aromatic N) is 2. The van der Waals surface area contributed by atoms with Crippen LogP contribution in [0.15, 0.2) is 11.0 Å². The van der Waals surface area contributed by atoms with E-state index >= 15 is 0 Å². The minimum absolute atomic E-state index is 0.101. The number of hydrogen-bond acceptors (Lipinski definition) is 3. The molecule has 1 heterocycles. The molecule has 1 unspecified atom stereocenters. The summed E-state index contributed by atoms with van der Waals surface area (Å²) < 4.78 is 1.16. The van der Waals surface area contributed by atoms with Crippen molar-refractivity contribution in [3.05, 3.63) is 21.6 Å². The van der Waals surface area contributed by atoms with Crippen LogP contribution in [0.1, 0.15) is 6.92 Å². The molecule has 0 aromatic carbocycles. The number of anilines is 1. The molecule has 14 heavy (non-hydrogen) atoms. The third kappa shape index (κ3) is 2.06. The quantitative estimate of drug-likeness (QED) is 0.739. The molecule has 0 radical (unpaired) electrons. The molecular formula is C9H10ClN3O. The molecule has 0 spiro atoms. The fraction of sp³-hybridized carbons (Fsp3) is 0.333. The third-order valence-electron chi connectivity index (χ3n) is 1.70. The molecule has 0 saturated heterocycles. The van der Waals surface area contributed by atoms with Crippen molar-refractivity contribution in [3.63, 3.8) is 0 Å². The summed E-state index contributed by atoms with van der Waals surface area (Å²) in [5, 5.41) is 6.80. The van der Waals surface area contributed by atoms with Crippen LogP contribution in [0.4, 0.5) is 5.69 Å². The highest BCUT2D eigenvalue weighted by molar-refractivity contribution is 6.32. The molecule has 0 amide bonds. The summed E-state index contributed by atoms with van der Waals surface area (Å²) >= 11 is 5.80. The third-order valence-corrected chi connectivity index (χ3v) is 2.07. The predicted molar refractivity (Wildman–Crippen MR) is 56.4 cm³/mol. The van der Waals surface area contributed by atoms with E-state index in [2.05, 4.69) is 16.3 Å². The van der Waals surface area contributed by atoms with Crippen LogP contribution in [0.5, 0.6) is 0 Å². The topological polar surface area (TPSA) is 46.9 Å². The van der Waals surface area contributed by atoms with Crippen molar-refractivity contribution in [2.45, 2.75) is 13.0 Å². The summed E-state index contributed by atoms with van der Waals surface area (Å²) in [6.07, 6.45) is 6.65. The van der Waals surface area contributed by atoms with Crippen molar-refractivity contribution in [1.29, 1.82) is 0 Å². The Balaban J connectivity index is 3.08. The smallest absolute Gasteiger partial charge is 0.287 e. The van der Waals surface area contributed by atoms with Crippen LogP contribution in [0.25, 0.3) is 0 Å². The Morgan fingerprint density at radius 2 is 2.43 bits per heavy atom. The lowest BCUT2D eigenvalue weighted by Gasteiger charge is -2.10.